The lowest BCUT2D eigenvalue weighted by Gasteiger charge is -2.23. The van der Waals surface area contributed by atoms with Crippen molar-refractivity contribution in [3.05, 3.63) is 75.5 Å². The third kappa shape index (κ3) is 5.03. The van der Waals surface area contributed by atoms with E-state index in [2.05, 4.69) is 5.32 Å². The van der Waals surface area contributed by atoms with Gasteiger partial charge in [-0.3, -0.25) is 19.7 Å². The van der Waals surface area contributed by atoms with E-state index in [9.17, 15) is 32.9 Å². The number of fused-ring (bicyclic) bond motifs is 1. The molecule has 0 amide bonds. The Kier molecular flexibility index (Phi) is 6.67. The molecule has 1 heterocycles. The second kappa shape index (κ2) is 9.16. The van der Waals surface area contributed by atoms with Crippen LogP contribution < -0.4 is 10.2 Å². The maximum Gasteiger partial charge on any atom is 0.416 e. The van der Waals surface area contributed by atoms with Crippen molar-refractivity contribution in [2.24, 2.45) is 0 Å². The first-order valence-corrected chi connectivity index (χ1v) is 10.2. The molecule has 8 nitrogen and oxygen atoms in total. The summed E-state index contributed by atoms with van der Waals surface area (Å²) in [6, 6.07) is 9.62. The molecule has 0 unspecified atom stereocenters. The number of rotatable bonds is 7. The maximum atomic E-state index is 12.8. The SMILES string of the molecule is CN1C(=CC(=O)COC(=O)CNc2ccc(C(F)(F)F)cc2[N+](=O)[O-])C(C)(C)c2ccccc21. The van der Waals surface area contributed by atoms with Crippen molar-refractivity contribution in [2.45, 2.75) is 25.4 Å². The Hall–Kier alpha value is -3.89. The molecule has 0 bridgehead atoms. The molecule has 1 aliphatic heterocycles. The fraction of sp³-hybridized carbons (Fsp3) is 0.304. The van der Waals surface area contributed by atoms with Crippen LogP contribution in [0.3, 0.4) is 0 Å². The number of carbonyl (C=O) groups is 2. The lowest BCUT2D eigenvalue weighted by atomic mass is 9.83. The van der Waals surface area contributed by atoms with Gasteiger partial charge in [0, 0.05) is 36.0 Å². The number of ketones is 1. The van der Waals surface area contributed by atoms with Crippen LogP contribution >= 0.6 is 0 Å². The van der Waals surface area contributed by atoms with E-state index in [1.165, 1.54) is 6.08 Å². The Labute approximate surface area is 193 Å². The van der Waals surface area contributed by atoms with Crippen LogP contribution in [0.25, 0.3) is 0 Å². The van der Waals surface area contributed by atoms with E-state index in [-0.39, 0.29) is 5.69 Å². The standard InChI is InChI=1S/C23H22F3N3O5/c1-22(2)16-6-4-5-7-18(16)28(3)20(22)11-15(30)13-34-21(31)12-27-17-9-8-14(23(24,25)26)10-19(17)29(32)33/h4-11,27H,12-13H2,1-3H3. The summed E-state index contributed by atoms with van der Waals surface area (Å²) in [4.78, 5) is 36.5. The van der Waals surface area contributed by atoms with E-state index in [1.54, 1.807) is 0 Å². The van der Waals surface area contributed by atoms with Crippen molar-refractivity contribution >= 4 is 28.8 Å². The predicted molar refractivity (Wildman–Crippen MR) is 119 cm³/mol. The summed E-state index contributed by atoms with van der Waals surface area (Å²) in [7, 11) is 1.83. The van der Waals surface area contributed by atoms with E-state index >= 15 is 0 Å². The van der Waals surface area contributed by atoms with E-state index in [0.717, 1.165) is 23.0 Å². The van der Waals surface area contributed by atoms with E-state index in [1.807, 2.05) is 50.1 Å². The molecule has 0 aliphatic carbocycles. The van der Waals surface area contributed by atoms with Gasteiger partial charge in [0.25, 0.3) is 5.69 Å². The Bertz CT molecular complexity index is 1170. The number of hydrogen-bond acceptors (Lipinski definition) is 7. The lowest BCUT2D eigenvalue weighted by molar-refractivity contribution is -0.384. The third-order valence-electron chi connectivity index (χ3n) is 5.56. The van der Waals surface area contributed by atoms with Crippen LogP contribution in [0.15, 0.2) is 54.2 Å². The summed E-state index contributed by atoms with van der Waals surface area (Å²) in [5.41, 5.74) is 0.00146. The second-order valence-corrected chi connectivity index (χ2v) is 8.20. The molecule has 0 aromatic heterocycles. The van der Waals surface area contributed by atoms with Gasteiger partial charge in [-0.2, -0.15) is 13.2 Å². The van der Waals surface area contributed by atoms with Gasteiger partial charge in [0.1, 0.15) is 12.2 Å². The molecule has 0 spiro atoms. The summed E-state index contributed by atoms with van der Waals surface area (Å²) in [6.07, 6.45) is -3.35. The number of para-hydroxylation sites is 1. The quantitative estimate of drug-likeness (QED) is 0.272. The zero-order chi connectivity index (χ0) is 25.3. The molecule has 180 valence electrons. The molecule has 2 aromatic rings. The number of nitro groups is 1. The van der Waals surface area contributed by atoms with Gasteiger partial charge >= 0.3 is 12.1 Å². The number of nitrogens with zero attached hydrogens (tertiary/aromatic N) is 2. The number of carbonyl (C=O) groups excluding carboxylic acids is 2. The fourth-order valence-corrected chi connectivity index (χ4v) is 3.83. The molecular formula is C23H22F3N3O5. The van der Waals surface area contributed by atoms with Crippen molar-refractivity contribution < 1.29 is 32.4 Å². The van der Waals surface area contributed by atoms with Gasteiger partial charge in [0.05, 0.1) is 10.5 Å². The number of nitro benzene ring substituents is 1. The smallest absolute Gasteiger partial charge is 0.416 e. The van der Waals surface area contributed by atoms with Crippen molar-refractivity contribution in [3.8, 4) is 0 Å². The average molecular weight is 477 g/mol. The van der Waals surface area contributed by atoms with Crippen molar-refractivity contribution in [3.63, 3.8) is 0 Å². The van der Waals surface area contributed by atoms with Crippen LogP contribution in [0.5, 0.6) is 0 Å². The molecule has 3 rings (SSSR count). The molecule has 11 heteroatoms. The van der Waals surface area contributed by atoms with Crippen molar-refractivity contribution in [2.75, 3.05) is 30.4 Å². The molecule has 0 saturated heterocycles. The number of nitrogens with one attached hydrogen (secondary N) is 1. The largest absolute Gasteiger partial charge is 0.456 e. The van der Waals surface area contributed by atoms with Crippen LogP contribution in [-0.2, 0) is 25.9 Å². The van der Waals surface area contributed by atoms with Crippen LogP contribution in [0, 0.1) is 10.1 Å². The zero-order valence-electron chi connectivity index (χ0n) is 18.6. The second-order valence-electron chi connectivity index (χ2n) is 8.20. The Balaban J connectivity index is 1.61. The molecule has 1 aliphatic rings. The highest BCUT2D eigenvalue weighted by atomic mass is 19.4. The highest BCUT2D eigenvalue weighted by Gasteiger charge is 2.38. The van der Waals surface area contributed by atoms with E-state index in [4.69, 9.17) is 4.74 Å². The number of benzene rings is 2. The Morgan fingerprint density at radius 1 is 1.21 bits per heavy atom. The fourth-order valence-electron chi connectivity index (χ4n) is 3.83. The molecule has 0 radical (unpaired) electrons. The monoisotopic (exact) mass is 477 g/mol. The number of hydrogen-bond donors (Lipinski definition) is 1. The summed E-state index contributed by atoms with van der Waals surface area (Å²) >= 11 is 0. The number of allylic oxidation sites excluding steroid dienone is 1. The third-order valence-corrected chi connectivity index (χ3v) is 5.56. The Morgan fingerprint density at radius 2 is 1.88 bits per heavy atom. The van der Waals surface area contributed by atoms with E-state index in [0.29, 0.717) is 12.1 Å². The highest BCUT2D eigenvalue weighted by Crippen LogP contribution is 2.46. The van der Waals surface area contributed by atoms with Gasteiger partial charge < -0.3 is 15.0 Å². The first-order valence-electron chi connectivity index (χ1n) is 10.2. The van der Waals surface area contributed by atoms with Gasteiger partial charge in [-0.1, -0.05) is 32.0 Å². The number of halogens is 3. The summed E-state index contributed by atoms with van der Waals surface area (Å²) in [6.45, 7) is 2.81. The number of likely N-dealkylation sites (N-methyl/N-ethyl adjacent to an activating group) is 1. The maximum absolute atomic E-state index is 12.8. The van der Waals surface area contributed by atoms with Gasteiger partial charge in [-0.15, -0.1) is 0 Å². The average Bonchev–Trinajstić information content (AvgIpc) is 2.96. The Morgan fingerprint density at radius 3 is 2.50 bits per heavy atom. The van der Waals surface area contributed by atoms with Gasteiger partial charge in [-0.25, -0.2) is 0 Å². The molecule has 2 aromatic carbocycles. The normalized spacial score (nSPS) is 15.7. The number of alkyl halides is 3. The van der Waals surface area contributed by atoms with Gasteiger partial charge in [0.2, 0.25) is 0 Å². The summed E-state index contributed by atoms with van der Waals surface area (Å²) in [5.74, 6) is -1.36. The van der Waals surface area contributed by atoms with Crippen molar-refractivity contribution in [1.82, 2.24) is 0 Å². The molecule has 0 fully saturated rings. The first kappa shape index (κ1) is 24.7. The van der Waals surface area contributed by atoms with Crippen LogP contribution in [-0.4, -0.2) is 36.9 Å². The van der Waals surface area contributed by atoms with Crippen LogP contribution in [0.4, 0.5) is 30.2 Å². The minimum atomic E-state index is -4.75. The number of anilines is 2. The molecule has 1 N–H and O–H groups in total. The summed E-state index contributed by atoms with van der Waals surface area (Å²) in [5, 5.41) is 13.5. The molecule has 0 atom stereocenters. The highest BCUT2D eigenvalue weighted by molar-refractivity contribution is 5.94. The van der Waals surface area contributed by atoms with Gasteiger partial charge in [0.15, 0.2) is 12.4 Å². The van der Waals surface area contributed by atoms with E-state index < -0.39 is 52.7 Å². The first-order chi connectivity index (χ1) is 15.8. The minimum absolute atomic E-state index is 0.282. The number of esters is 1. The number of ether oxygens (including phenoxy) is 1. The molecule has 34 heavy (non-hydrogen) atoms. The topological polar surface area (TPSA) is 102 Å². The molecular weight excluding hydrogens is 455 g/mol. The van der Waals surface area contributed by atoms with Crippen LogP contribution in [0.1, 0.15) is 25.0 Å². The zero-order valence-corrected chi connectivity index (χ0v) is 18.6. The predicted octanol–water partition coefficient (Wildman–Crippen LogP) is 4.45. The summed E-state index contributed by atoms with van der Waals surface area (Å²) < 4.78 is 43.3. The van der Waals surface area contributed by atoms with Crippen molar-refractivity contribution in [1.29, 1.82) is 0 Å². The lowest BCUT2D eigenvalue weighted by Crippen LogP contribution is -2.25. The van der Waals surface area contributed by atoms with Crippen LogP contribution in [0.2, 0.25) is 0 Å². The minimum Gasteiger partial charge on any atom is -0.456 e. The molecule has 0 saturated carbocycles. The van der Waals surface area contributed by atoms with Gasteiger partial charge in [-0.05, 0) is 23.8 Å².